The van der Waals surface area contributed by atoms with Crippen LogP contribution in [0.5, 0.6) is 5.75 Å². The summed E-state index contributed by atoms with van der Waals surface area (Å²) in [6, 6.07) is 3.33. The second-order valence-electron chi connectivity index (χ2n) is 7.08. The standard InChI is InChI=1S/C21H25F3O2/c1-12(2)14(4)11-18(21(22,23)24)19(15(5)25)17-9-8-13(3)16-7-6-10-26-20(16)17/h8-9,11-12H,6-7,10H2,1-5H3/b14-11-,19-18-. The van der Waals surface area contributed by atoms with Crippen molar-refractivity contribution in [3.63, 3.8) is 0 Å². The fraction of sp³-hybridized carbons (Fsp3) is 0.476. The molecule has 2 rings (SSSR count). The summed E-state index contributed by atoms with van der Waals surface area (Å²) < 4.78 is 47.3. The average Bonchev–Trinajstić information content (AvgIpc) is 2.55. The number of benzene rings is 1. The van der Waals surface area contributed by atoms with Gasteiger partial charge in [-0.15, -0.1) is 0 Å². The van der Waals surface area contributed by atoms with Gasteiger partial charge in [0.15, 0.2) is 5.78 Å². The Balaban J connectivity index is 2.84. The molecule has 1 heterocycles. The number of ketones is 1. The first-order chi connectivity index (χ1) is 12.0. The summed E-state index contributed by atoms with van der Waals surface area (Å²) in [5.41, 5.74) is 1.43. The van der Waals surface area contributed by atoms with Crippen molar-refractivity contribution in [1.29, 1.82) is 0 Å². The molecule has 0 aromatic heterocycles. The minimum atomic E-state index is -4.64. The van der Waals surface area contributed by atoms with E-state index in [0.717, 1.165) is 30.0 Å². The van der Waals surface area contributed by atoms with Gasteiger partial charge in [0.2, 0.25) is 0 Å². The van der Waals surface area contributed by atoms with Gasteiger partial charge in [-0.05, 0) is 50.7 Å². The van der Waals surface area contributed by atoms with Gasteiger partial charge in [-0.1, -0.05) is 37.6 Å². The van der Waals surface area contributed by atoms with Gasteiger partial charge < -0.3 is 4.74 Å². The SMILES string of the molecule is CC(=O)/C(=C(\C=C(\C)C(C)C)C(F)(F)F)c1ccc(C)c2c1OCCC2. The first kappa shape index (κ1) is 20.3. The Labute approximate surface area is 152 Å². The van der Waals surface area contributed by atoms with Gasteiger partial charge >= 0.3 is 6.18 Å². The van der Waals surface area contributed by atoms with Crippen LogP contribution in [0.4, 0.5) is 13.2 Å². The zero-order valence-electron chi connectivity index (χ0n) is 15.9. The van der Waals surface area contributed by atoms with Crippen molar-refractivity contribution in [3.8, 4) is 5.75 Å². The van der Waals surface area contributed by atoms with Gasteiger partial charge in [0, 0.05) is 11.1 Å². The van der Waals surface area contributed by atoms with Crippen LogP contribution in [0.3, 0.4) is 0 Å². The van der Waals surface area contributed by atoms with E-state index in [2.05, 4.69) is 0 Å². The first-order valence-corrected chi connectivity index (χ1v) is 8.80. The highest BCUT2D eigenvalue weighted by Gasteiger charge is 2.38. The smallest absolute Gasteiger partial charge is 0.417 e. The molecular formula is C21H25F3O2. The van der Waals surface area contributed by atoms with Crippen LogP contribution in [-0.4, -0.2) is 18.6 Å². The molecule has 2 nitrogen and oxygen atoms in total. The summed E-state index contributed by atoms with van der Waals surface area (Å²) in [6.45, 7) is 8.82. The number of hydrogen-bond acceptors (Lipinski definition) is 2. The molecule has 5 heteroatoms. The molecule has 0 saturated heterocycles. The molecule has 1 aliphatic rings. The molecular weight excluding hydrogens is 341 g/mol. The van der Waals surface area contributed by atoms with Crippen LogP contribution in [-0.2, 0) is 11.2 Å². The molecule has 0 amide bonds. The number of Topliss-reactive ketones (excluding diaryl/α,β-unsaturated/α-hetero) is 1. The third kappa shape index (κ3) is 4.19. The number of rotatable bonds is 4. The highest BCUT2D eigenvalue weighted by Crippen LogP contribution is 2.41. The zero-order valence-corrected chi connectivity index (χ0v) is 15.9. The highest BCUT2D eigenvalue weighted by molar-refractivity contribution is 6.22. The Bertz CT molecular complexity index is 768. The lowest BCUT2D eigenvalue weighted by molar-refractivity contribution is -0.113. The number of fused-ring (bicyclic) bond motifs is 1. The number of halogens is 3. The largest absolute Gasteiger partial charge is 0.493 e. The molecule has 142 valence electrons. The number of ether oxygens (including phenoxy) is 1. The van der Waals surface area contributed by atoms with Crippen LogP contribution in [0, 0.1) is 12.8 Å². The first-order valence-electron chi connectivity index (χ1n) is 8.80. The molecule has 0 atom stereocenters. The van der Waals surface area contributed by atoms with Crippen LogP contribution in [0.2, 0.25) is 0 Å². The topological polar surface area (TPSA) is 26.3 Å². The monoisotopic (exact) mass is 366 g/mol. The lowest BCUT2D eigenvalue weighted by Crippen LogP contribution is -2.18. The Morgan fingerprint density at radius 1 is 1.23 bits per heavy atom. The van der Waals surface area contributed by atoms with Gasteiger partial charge in [-0.2, -0.15) is 13.2 Å². The average molecular weight is 366 g/mol. The number of alkyl halides is 3. The van der Waals surface area contributed by atoms with Crippen LogP contribution in [0.1, 0.15) is 50.8 Å². The van der Waals surface area contributed by atoms with E-state index in [1.165, 1.54) is 6.92 Å². The van der Waals surface area contributed by atoms with Crippen LogP contribution in [0.15, 0.2) is 29.4 Å². The lowest BCUT2D eigenvalue weighted by Gasteiger charge is -2.24. The van der Waals surface area contributed by atoms with Gasteiger partial charge in [0.25, 0.3) is 0 Å². The molecule has 26 heavy (non-hydrogen) atoms. The summed E-state index contributed by atoms with van der Waals surface area (Å²) >= 11 is 0. The fourth-order valence-electron chi connectivity index (χ4n) is 3.04. The maximum Gasteiger partial charge on any atom is 0.417 e. The maximum absolute atomic E-state index is 13.9. The molecule has 1 aromatic rings. The van der Waals surface area contributed by atoms with E-state index < -0.39 is 17.5 Å². The minimum Gasteiger partial charge on any atom is -0.493 e. The third-order valence-electron chi connectivity index (χ3n) is 4.79. The van der Waals surface area contributed by atoms with Crippen molar-refractivity contribution in [2.45, 2.75) is 53.6 Å². The van der Waals surface area contributed by atoms with E-state index in [1.807, 2.05) is 20.8 Å². The highest BCUT2D eigenvalue weighted by atomic mass is 19.4. The second kappa shape index (κ2) is 7.68. The van der Waals surface area contributed by atoms with Crippen molar-refractivity contribution >= 4 is 11.4 Å². The van der Waals surface area contributed by atoms with Crippen LogP contribution >= 0.6 is 0 Å². The quantitative estimate of drug-likeness (QED) is 0.495. The van der Waals surface area contributed by atoms with Crippen molar-refractivity contribution in [2.24, 2.45) is 5.92 Å². The van der Waals surface area contributed by atoms with Gasteiger partial charge in [-0.25, -0.2) is 0 Å². The summed E-state index contributed by atoms with van der Waals surface area (Å²) in [7, 11) is 0. The molecule has 0 bridgehead atoms. The number of hydrogen-bond donors (Lipinski definition) is 0. The zero-order chi connectivity index (χ0) is 19.6. The van der Waals surface area contributed by atoms with E-state index in [1.54, 1.807) is 19.1 Å². The fourth-order valence-corrected chi connectivity index (χ4v) is 3.04. The number of allylic oxidation sites excluding steroid dienone is 4. The molecule has 0 aliphatic carbocycles. The Kier molecular flexibility index (Phi) is 5.99. The third-order valence-corrected chi connectivity index (χ3v) is 4.79. The van der Waals surface area contributed by atoms with E-state index in [4.69, 9.17) is 4.74 Å². The van der Waals surface area contributed by atoms with Gasteiger partial charge in [-0.3, -0.25) is 4.79 Å². The predicted molar refractivity (Wildman–Crippen MR) is 97.2 cm³/mol. The number of carbonyl (C=O) groups excluding carboxylic acids is 1. The van der Waals surface area contributed by atoms with Crippen molar-refractivity contribution in [1.82, 2.24) is 0 Å². The molecule has 1 aromatic carbocycles. The summed E-state index contributed by atoms with van der Waals surface area (Å²) in [5, 5.41) is 0. The molecule has 0 saturated carbocycles. The Morgan fingerprint density at radius 2 is 1.88 bits per heavy atom. The van der Waals surface area contributed by atoms with Crippen molar-refractivity contribution in [2.75, 3.05) is 6.61 Å². The summed E-state index contributed by atoms with van der Waals surface area (Å²) in [5.74, 6) is -0.257. The Morgan fingerprint density at radius 3 is 2.42 bits per heavy atom. The molecule has 0 unspecified atom stereocenters. The summed E-state index contributed by atoms with van der Waals surface area (Å²) in [4.78, 5) is 12.3. The summed E-state index contributed by atoms with van der Waals surface area (Å²) in [6.07, 6.45) is -1.99. The predicted octanol–water partition coefficient (Wildman–Crippen LogP) is 5.83. The van der Waals surface area contributed by atoms with E-state index in [-0.39, 0.29) is 17.1 Å². The van der Waals surface area contributed by atoms with Crippen molar-refractivity contribution in [3.05, 3.63) is 46.0 Å². The van der Waals surface area contributed by atoms with Gasteiger partial charge in [0.05, 0.1) is 12.2 Å². The maximum atomic E-state index is 13.9. The van der Waals surface area contributed by atoms with E-state index in [9.17, 15) is 18.0 Å². The molecule has 0 spiro atoms. The van der Waals surface area contributed by atoms with Crippen LogP contribution < -0.4 is 4.74 Å². The lowest BCUT2D eigenvalue weighted by atomic mass is 9.88. The normalized spacial score (nSPS) is 16.1. The van der Waals surface area contributed by atoms with E-state index in [0.29, 0.717) is 17.9 Å². The number of aryl methyl sites for hydroxylation is 1. The molecule has 0 radical (unpaired) electrons. The molecule has 1 aliphatic heterocycles. The minimum absolute atomic E-state index is 0.0521. The molecule has 0 fully saturated rings. The Hall–Kier alpha value is -2.04. The van der Waals surface area contributed by atoms with Crippen molar-refractivity contribution < 1.29 is 22.7 Å². The van der Waals surface area contributed by atoms with Crippen LogP contribution in [0.25, 0.3) is 5.57 Å². The second-order valence-corrected chi connectivity index (χ2v) is 7.08. The van der Waals surface area contributed by atoms with Gasteiger partial charge in [0.1, 0.15) is 5.75 Å². The number of carbonyl (C=O) groups is 1. The van der Waals surface area contributed by atoms with E-state index >= 15 is 0 Å². The molecule has 0 N–H and O–H groups in total.